The van der Waals surface area contributed by atoms with E-state index in [9.17, 15) is 0 Å². The number of hydrogen-bond acceptors (Lipinski definition) is 1. The number of rotatable bonds is 5. The van der Waals surface area contributed by atoms with Crippen molar-refractivity contribution in [1.29, 1.82) is 0 Å². The van der Waals surface area contributed by atoms with Gasteiger partial charge in [-0.05, 0) is 97.0 Å². The Morgan fingerprint density at radius 2 is 1.97 bits per heavy atom. The summed E-state index contributed by atoms with van der Waals surface area (Å²) in [6, 6.07) is 0.153. The summed E-state index contributed by atoms with van der Waals surface area (Å²) in [6.45, 7) is 19.0. The second-order valence-electron chi connectivity index (χ2n) is 12.6. The number of nitrogens with two attached hydrogens (primary N) is 1. The monoisotopic (exact) mass is 411 g/mol. The fourth-order valence-electron chi connectivity index (χ4n) is 7.16. The lowest BCUT2D eigenvalue weighted by molar-refractivity contribution is 0.0920. The fourth-order valence-corrected chi connectivity index (χ4v) is 7.16. The second kappa shape index (κ2) is 9.35. The molecule has 1 heteroatoms. The molecule has 0 aromatic carbocycles. The Bertz CT molecular complexity index is 675. The molecule has 2 N–H and O–H groups in total. The molecule has 0 radical (unpaired) electrons. The van der Waals surface area contributed by atoms with E-state index in [-0.39, 0.29) is 6.04 Å². The zero-order valence-corrected chi connectivity index (χ0v) is 20.9. The summed E-state index contributed by atoms with van der Waals surface area (Å²) in [4.78, 5) is 0. The SMILES string of the molecule is C=C1/C(=C\C=C2/CCC[C@]3(C)[C@@H]([C@H](C)CCCC(C)(C)C)CC[C@@H]23)CC(C)CC1N. The molecule has 170 valence electrons. The van der Waals surface area contributed by atoms with Gasteiger partial charge in [-0.15, -0.1) is 0 Å². The van der Waals surface area contributed by atoms with Gasteiger partial charge in [0.1, 0.15) is 0 Å². The molecule has 3 rings (SSSR count). The fraction of sp³-hybridized carbons (Fsp3) is 0.793. The number of hydrogen-bond donors (Lipinski definition) is 1. The van der Waals surface area contributed by atoms with E-state index in [0.717, 1.165) is 30.6 Å². The van der Waals surface area contributed by atoms with E-state index in [1.54, 1.807) is 5.57 Å². The van der Waals surface area contributed by atoms with Crippen molar-refractivity contribution in [3.63, 3.8) is 0 Å². The Morgan fingerprint density at radius 3 is 2.67 bits per heavy atom. The van der Waals surface area contributed by atoms with Gasteiger partial charge in [-0.25, -0.2) is 0 Å². The molecule has 0 saturated heterocycles. The Labute approximate surface area is 187 Å². The smallest absolute Gasteiger partial charge is 0.0294 e. The van der Waals surface area contributed by atoms with Gasteiger partial charge in [-0.2, -0.15) is 0 Å². The average Bonchev–Trinajstić information content (AvgIpc) is 3.00. The van der Waals surface area contributed by atoms with Gasteiger partial charge in [0.15, 0.2) is 0 Å². The number of fused-ring (bicyclic) bond motifs is 1. The first-order valence-electron chi connectivity index (χ1n) is 12.9. The lowest BCUT2D eigenvalue weighted by atomic mass is 9.60. The van der Waals surface area contributed by atoms with Gasteiger partial charge in [-0.3, -0.25) is 0 Å². The molecule has 3 saturated carbocycles. The van der Waals surface area contributed by atoms with Crippen LogP contribution in [0.3, 0.4) is 0 Å². The average molecular weight is 412 g/mol. The quantitative estimate of drug-likeness (QED) is 0.484. The third kappa shape index (κ3) is 5.32. The number of allylic oxidation sites excluding steroid dienone is 3. The minimum atomic E-state index is 0.153. The van der Waals surface area contributed by atoms with Crippen LogP contribution < -0.4 is 5.73 Å². The zero-order valence-electron chi connectivity index (χ0n) is 20.9. The maximum Gasteiger partial charge on any atom is 0.0294 e. The van der Waals surface area contributed by atoms with Gasteiger partial charge in [0.2, 0.25) is 0 Å². The molecular formula is C29H49N. The summed E-state index contributed by atoms with van der Waals surface area (Å²) in [6.07, 6.45) is 18.2. The van der Waals surface area contributed by atoms with Crippen LogP contribution in [0.5, 0.6) is 0 Å². The van der Waals surface area contributed by atoms with E-state index in [0.29, 0.717) is 16.7 Å². The largest absolute Gasteiger partial charge is 0.324 e. The van der Waals surface area contributed by atoms with Crippen LogP contribution >= 0.6 is 0 Å². The maximum absolute atomic E-state index is 6.33. The predicted octanol–water partition coefficient (Wildman–Crippen LogP) is 8.22. The molecule has 2 unspecified atom stereocenters. The minimum absolute atomic E-state index is 0.153. The van der Waals surface area contributed by atoms with Crippen molar-refractivity contribution in [2.75, 3.05) is 0 Å². The van der Waals surface area contributed by atoms with Gasteiger partial charge in [0.05, 0.1) is 0 Å². The highest BCUT2D eigenvalue weighted by atomic mass is 14.6. The van der Waals surface area contributed by atoms with E-state index >= 15 is 0 Å². The van der Waals surface area contributed by atoms with Crippen molar-refractivity contribution in [3.05, 3.63) is 35.5 Å². The molecule has 3 aliphatic rings. The summed E-state index contributed by atoms with van der Waals surface area (Å²) in [5.41, 5.74) is 11.6. The summed E-state index contributed by atoms with van der Waals surface area (Å²) in [5, 5.41) is 0. The van der Waals surface area contributed by atoms with Crippen molar-refractivity contribution >= 4 is 0 Å². The van der Waals surface area contributed by atoms with E-state index in [1.165, 1.54) is 62.5 Å². The highest BCUT2D eigenvalue weighted by Gasteiger charge is 2.50. The van der Waals surface area contributed by atoms with Crippen molar-refractivity contribution < 1.29 is 0 Å². The molecule has 3 fully saturated rings. The molecule has 3 aliphatic carbocycles. The topological polar surface area (TPSA) is 26.0 Å². The Hall–Kier alpha value is -0.820. The van der Waals surface area contributed by atoms with Gasteiger partial charge >= 0.3 is 0 Å². The summed E-state index contributed by atoms with van der Waals surface area (Å²) in [7, 11) is 0. The predicted molar refractivity (Wildman–Crippen MR) is 132 cm³/mol. The lowest BCUT2D eigenvalue weighted by Crippen LogP contribution is -2.36. The van der Waals surface area contributed by atoms with Crippen molar-refractivity contribution in [3.8, 4) is 0 Å². The Morgan fingerprint density at radius 1 is 1.23 bits per heavy atom. The van der Waals surface area contributed by atoms with Crippen LogP contribution in [0, 0.1) is 34.5 Å². The van der Waals surface area contributed by atoms with Crippen LogP contribution in [0.1, 0.15) is 106 Å². The minimum Gasteiger partial charge on any atom is -0.324 e. The van der Waals surface area contributed by atoms with Crippen molar-refractivity contribution in [2.24, 2.45) is 40.2 Å². The third-order valence-corrected chi connectivity index (χ3v) is 8.89. The first-order valence-corrected chi connectivity index (χ1v) is 12.9. The molecule has 30 heavy (non-hydrogen) atoms. The highest BCUT2D eigenvalue weighted by Crippen LogP contribution is 2.60. The van der Waals surface area contributed by atoms with Crippen molar-refractivity contribution in [1.82, 2.24) is 0 Å². The van der Waals surface area contributed by atoms with Crippen LogP contribution in [0.25, 0.3) is 0 Å². The van der Waals surface area contributed by atoms with Crippen LogP contribution in [0.4, 0.5) is 0 Å². The second-order valence-corrected chi connectivity index (χ2v) is 12.6. The van der Waals surface area contributed by atoms with E-state index in [1.807, 2.05) is 0 Å². The van der Waals surface area contributed by atoms with E-state index in [4.69, 9.17) is 5.73 Å². The highest BCUT2D eigenvalue weighted by molar-refractivity contribution is 5.39. The molecule has 6 atom stereocenters. The molecular weight excluding hydrogens is 362 g/mol. The van der Waals surface area contributed by atoms with Gasteiger partial charge in [0, 0.05) is 6.04 Å². The summed E-state index contributed by atoms with van der Waals surface area (Å²) >= 11 is 0. The first-order chi connectivity index (χ1) is 14.0. The molecule has 0 aromatic heterocycles. The first kappa shape index (κ1) is 23.8. The van der Waals surface area contributed by atoms with Crippen molar-refractivity contribution in [2.45, 2.75) is 112 Å². The molecule has 0 aromatic rings. The van der Waals surface area contributed by atoms with Gasteiger partial charge < -0.3 is 5.73 Å². The summed E-state index contributed by atoms with van der Waals surface area (Å²) < 4.78 is 0. The Balaban J connectivity index is 1.70. The standard InChI is InChI=1S/C29H49N/c1-20-18-24(22(3)27(30)19-20)13-12-23-11-9-17-29(7)25(14-15-26(23)29)21(2)10-8-16-28(4,5)6/h12-13,20-21,25-27H,3,8-11,14-19,30H2,1-2,4-7H3/b23-12+,24-13-/t20?,21-,25-,26+,27?,29-/m1/s1. The maximum atomic E-state index is 6.33. The van der Waals surface area contributed by atoms with E-state index in [2.05, 4.69) is 60.3 Å². The molecule has 0 spiro atoms. The van der Waals surface area contributed by atoms with Gasteiger partial charge in [-0.1, -0.05) is 78.7 Å². The van der Waals surface area contributed by atoms with Crippen LogP contribution in [-0.4, -0.2) is 6.04 Å². The molecule has 0 heterocycles. The molecule has 0 aliphatic heterocycles. The molecule has 0 amide bonds. The van der Waals surface area contributed by atoms with E-state index < -0.39 is 0 Å². The van der Waals surface area contributed by atoms with Crippen LogP contribution in [0.15, 0.2) is 35.5 Å². The van der Waals surface area contributed by atoms with Crippen LogP contribution in [0.2, 0.25) is 0 Å². The zero-order chi connectivity index (χ0) is 22.1. The summed E-state index contributed by atoms with van der Waals surface area (Å²) in [5.74, 6) is 3.23. The van der Waals surface area contributed by atoms with Crippen LogP contribution in [-0.2, 0) is 0 Å². The lowest BCUT2D eigenvalue weighted by Gasteiger charge is -2.44. The third-order valence-electron chi connectivity index (χ3n) is 8.89. The normalized spacial score (nSPS) is 38.8. The van der Waals surface area contributed by atoms with Gasteiger partial charge in [0.25, 0.3) is 0 Å². The molecule has 0 bridgehead atoms. The Kier molecular flexibility index (Phi) is 7.43. The molecule has 1 nitrogen and oxygen atoms in total.